The Kier molecular flexibility index (Phi) is 6.77. The van der Waals surface area contributed by atoms with E-state index in [1.54, 1.807) is 0 Å². The first kappa shape index (κ1) is 23.7. The second-order valence-corrected chi connectivity index (χ2v) is 9.62. The highest BCUT2D eigenvalue weighted by atomic mass is 32.2. The average Bonchev–Trinajstić information content (AvgIpc) is 2.91. The van der Waals surface area contributed by atoms with Crippen molar-refractivity contribution in [1.82, 2.24) is 10.2 Å². The molecule has 0 aromatic heterocycles. The summed E-state index contributed by atoms with van der Waals surface area (Å²) in [7, 11) is 0. The van der Waals surface area contributed by atoms with Crippen LogP contribution in [0.15, 0.2) is 102 Å². The molecule has 2 heterocycles. The van der Waals surface area contributed by atoms with Crippen LogP contribution in [0.25, 0.3) is 0 Å². The lowest BCUT2D eigenvalue weighted by molar-refractivity contribution is -0.155. The van der Waals surface area contributed by atoms with Gasteiger partial charge in [0.1, 0.15) is 17.2 Å². The number of aliphatic hydroxyl groups is 1. The van der Waals surface area contributed by atoms with E-state index in [0.29, 0.717) is 0 Å². The van der Waals surface area contributed by atoms with Crippen molar-refractivity contribution in [2.75, 3.05) is 5.75 Å². The highest BCUT2D eigenvalue weighted by Crippen LogP contribution is 2.41. The number of esters is 1. The number of nitrogens with one attached hydrogen (secondary N) is 1. The molecule has 2 aliphatic heterocycles. The first-order chi connectivity index (χ1) is 17.5. The number of thioether (sulfide) groups is 1. The molecule has 1 saturated heterocycles. The molecule has 3 aromatic carbocycles. The van der Waals surface area contributed by atoms with E-state index in [9.17, 15) is 19.5 Å². The minimum atomic E-state index is -0.794. The normalized spacial score (nSPS) is 18.9. The average molecular weight is 501 g/mol. The van der Waals surface area contributed by atoms with Gasteiger partial charge in [-0.1, -0.05) is 91.0 Å². The molecule has 2 atom stereocenters. The second kappa shape index (κ2) is 10.3. The van der Waals surface area contributed by atoms with Gasteiger partial charge in [0.15, 0.2) is 11.8 Å². The van der Waals surface area contributed by atoms with Crippen molar-refractivity contribution >= 4 is 29.5 Å². The number of nitrogens with zero attached hydrogens (tertiary/aromatic N) is 1. The molecule has 7 nitrogen and oxygen atoms in total. The summed E-state index contributed by atoms with van der Waals surface area (Å²) in [5.41, 5.74) is 2.19. The molecule has 36 heavy (non-hydrogen) atoms. The third-order valence-corrected chi connectivity index (χ3v) is 7.36. The van der Waals surface area contributed by atoms with E-state index in [2.05, 4.69) is 5.32 Å². The third-order valence-electron chi connectivity index (χ3n) is 6.10. The Balaban J connectivity index is 1.32. The molecule has 0 saturated carbocycles. The van der Waals surface area contributed by atoms with Gasteiger partial charge >= 0.3 is 5.97 Å². The number of amides is 2. The minimum Gasteiger partial charge on any atom is -0.509 e. The molecule has 3 aromatic rings. The summed E-state index contributed by atoms with van der Waals surface area (Å²) in [5.74, 6) is -1.62. The zero-order valence-electron chi connectivity index (χ0n) is 19.2. The van der Waals surface area contributed by atoms with Crippen LogP contribution in [0.2, 0.25) is 0 Å². The Morgan fingerprint density at radius 2 is 1.50 bits per heavy atom. The molecular weight excluding hydrogens is 476 g/mol. The standard InChI is InChI=1S/C28H24N2O5S/c31-21-17-36-27-23(29-22(32)16-18-10-4-1-5-11-18)26(33)30(27)24(21)28(34)35-25(19-12-6-2-7-13-19)20-14-8-3-9-15-20/h1-15,23,25,27,31H,16-17H2,(H,29,32)/t23-,27+/m0/s1. The van der Waals surface area contributed by atoms with Crippen molar-refractivity contribution in [1.29, 1.82) is 0 Å². The number of hydrogen-bond donors (Lipinski definition) is 2. The summed E-state index contributed by atoms with van der Waals surface area (Å²) < 4.78 is 5.88. The van der Waals surface area contributed by atoms with Crippen LogP contribution in [-0.2, 0) is 25.5 Å². The molecule has 0 aliphatic carbocycles. The molecule has 0 unspecified atom stereocenters. The molecule has 8 heteroatoms. The number of aliphatic hydroxyl groups excluding tert-OH is 1. The van der Waals surface area contributed by atoms with Gasteiger partial charge in [-0.25, -0.2) is 4.79 Å². The number of carbonyl (C=O) groups excluding carboxylic acids is 3. The Bertz CT molecular complexity index is 1260. The largest absolute Gasteiger partial charge is 0.509 e. The number of rotatable bonds is 7. The van der Waals surface area contributed by atoms with Gasteiger partial charge in [-0.3, -0.25) is 14.5 Å². The first-order valence-corrected chi connectivity index (χ1v) is 12.6. The summed E-state index contributed by atoms with van der Waals surface area (Å²) in [5, 5.41) is 12.8. The number of benzene rings is 3. The maximum Gasteiger partial charge on any atom is 0.359 e. The smallest absolute Gasteiger partial charge is 0.359 e. The Labute approximate surface area is 212 Å². The molecule has 2 aliphatic rings. The van der Waals surface area contributed by atoms with Gasteiger partial charge < -0.3 is 15.2 Å². The van der Waals surface area contributed by atoms with Crippen molar-refractivity contribution in [3.63, 3.8) is 0 Å². The van der Waals surface area contributed by atoms with Gasteiger partial charge in [-0.05, 0) is 16.7 Å². The lowest BCUT2D eigenvalue weighted by atomic mass is 10.0. The lowest BCUT2D eigenvalue weighted by Gasteiger charge is -2.48. The molecule has 5 rings (SSSR count). The molecule has 1 fully saturated rings. The summed E-state index contributed by atoms with van der Waals surface area (Å²) >= 11 is 1.29. The Morgan fingerprint density at radius 1 is 0.944 bits per heavy atom. The van der Waals surface area contributed by atoms with Crippen molar-refractivity contribution in [3.8, 4) is 0 Å². The van der Waals surface area contributed by atoms with Crippen LogP contribution < -0.4 is 5.32 Å². The van der Waals surface area contributed by atoms with Crippen molar-refractivity contribution in [2.45, 2.75) is 23.9 Å². The summed E-state index contributed by atoms with van der Waals surface area (Å²) in [6.07, 6.45) is -0.570. The van der Waals surface area contributed by atoms with Gasteiger partial charge in [-0.2, -0.15) is 0 Å². The zero-order chi connectivity index (χ0) is 25.1. The number of fused-ring (bicyclic) bond motifs is 1. The lowest BCUT2D eigenvalue weighted by Crippen LogP contribution is -2.70. The van der Waals surface area contributed by atoms with E-state index in [1.807, 2.05) is 91.0 Å². The Hall–Kier alpha value is -4.04. The number of β-lactam (4-membered cyclic amide) rings is 1. The minimum absolute atomic E-state index is 0.130. The Morgan fingerprint density at radius 3 is 2.08 bits per heavy atom. The first-order valence-electron chi connectivity index (χ1n) is 11.5. The number of carbonyl (C=O) groups is 3. The summed E-state index contributed by atoms with van der Waals surface area (Å²) in [6.45, 7) is 0. The van der Waals surface area contributed by atoms with E-state index in [1.165, 1.54) is 16.7 Å². The van der Waals surface area contributed by atoms with E-state index < -0.39 is 29.4 Å². The van der Waals surface area contributed by atoms with Crippen molar-refractivity contribution in [2.24, 2.45) is 0 Å². The molecule has 0 bridgehead atoms. The van der Waals surface area contributed by atoms with Crippen molar-refractivity contribution < 1.29 is 24.2 Å². The number of ether oxygens (including phenoxy) is 1. The maximum absolute atomic E-state index is 13.3. The van der Waals surface area contributed by atoms with E-state index in [0.717, 1.165) is 16.7 Å². The van der Waals surface area contributed by atoms with Gasteiger partial charge in [0, 0.05) is 0 Å². The van der Waals surface area contributed by atoms with Crippen LogP contribution in [0.1, 0.15) is 22.8 Å². The fraction of sp³-hybridized carbons (Fsp3) is 0.179. The molecule has 0 spiro atoms. The monoisotopic (exact) mass is 500 g/mol. The quantitative estimate of drug-likeness (QED) is 0.379. The highest BCUT2D eigenvalue weighted by molar-refractivity contribution is 8.00. The molecule has 2 N–H and O–H groups in total. The van der Waals surface area contributed by atoms with Crippen LogP contribution in [0.4, 0.5) is 0 Å². The second-order valence-electron chi connectivity index (χ2n) is 8.52. The third kappa shape index (κ3) is 4.72. The van der Waals surface area contributed by atoms with E-state index >= 15 is 0 Å². The summed E-state index contributed by atoms with van der Waals surface area (Å²) in [6, 6.07) is 27.0. The van der Waals surface area contributed by atoms with Gasteiger partial charge in [-0.15, -0.1) is 11.8 Å². The molecule has 0 radical (unpaired) electrons. The van der Waals surface area contributed by atoms with E-state index in [-0.39, 0.29) is 29.5 Å². The molecule has 2 amide bonds. The molecular formula is C28H24N2O5S. The predicted octanol–water partition coefficient (Wildman–Crippen LogP) is 3.73. The fourth-order valence-electron chi connectivity index (χ4n) is 4.35. The summed E-state index contributed by atoms with van der Waals surface area (Å²) in [4.78, 5) is 40.1. The fourth-order valence-corrected chi connectivity index (χ4v) is 5.55. The van der Waals surface area contributed by atoms with Crippen LogP contribution in [0.3, 0.4) is 0 Å². The van der Waals surface area contributed by atoms with Crippen LogP contribution in [-0.4, -0.2) is 45.0 Å². The maximum atomic E-state index is 13.3. The topological polar surface area (TPSA) is 95.9 Å². The van der Waals surface area contributed by atoms with Crippen molar-refractivity contribution in [3.05, 3.63) is 119 Å². The predicted molar refractivity (Wildman–Crippen MR) is 136 cm³/mol. The molecule has 182 valence electrons. The van der Waals surface area contributed by atoms with Gasteiger partial charge in [0.05, 0.1) is 12.2 Å². The SMILES string of the molecule is O=C(Cc1ccccc1)N[C@H]1C(=O)N2C(C(=O)OC(c3ccccc3)c3ccccc3)=C(O)CS[C@H]12. The number of hydrogen-bond acceptors (Lipinski definition) is 6. The van der Waals surface area contributed by atoms with Crippen LogP contribution in [0.5, 0.6) is 0 Å². The zero-order valence-corrected chi connectivity index (χ0v) is 20.1. The van der Waals surface area contributed by atoms with Crippen LogP contribution in [0, 0.1) is 0 Å². The van der Waals surface area contributed by atoms with E-state index in [4.69, 9.17) is 4.74 Å². The van der Waals surface area contributed by atoms with Gasteiger partial charge in [0.25, 0.3) is 5.91 Å². The highest BCUT2D eigenvalue weighted by Gasteiger charge is 2.55. The van der Waals surface area contributed by atoms with Crippen LogP contribution >= 0.6 is 11.8 Å². The van der Waals surface area contributed by atoms with Gasteiger partial charge in [0.2, 0.25) is 5.91 Å².